The normalized spacial score (nSPS) is 21.8. The zero-order chi connectivity index (χ0) is 18.3. The summed E-state index contributed by atoms with van der Waals surface area (Å²) in [5.74, 6) is 2.84. The van der Waals surface area contributed by atoms with Crippen LogP contribution in [-0.2, 0) is 0 Å². The van der Waals surface area contributed by atoms with Crippen LogP contribution in [0.1, 0.15) is 75.1 Å². The van der Waals surface area contributed by atoms with Gasteiger partial charge in [0, 0.05) is 30.1 Å². The van der Waals surface area contributed by atoms with Gasteiger partial charge in [0.05, 0.1) is 0 Å². The number of nitrogens with zero attached hydrogens (tertiary/aromatic N) is 1. The van der Waals surface area contributed by atoms with Gasteiger partial charge in [0.1, 0.15) is 24.2 Å². The Balaban J connectivity index is 1.81. The zero-order valence-corrected chi connectivity index (χ0v) is 17.1. The highest BCUT2D eigenvalue weighted by atomic mass is 16.5. The fraction of sp³-hybridized carbons (Fsp3) is 0.727. The van der Waals surface area contributed by atoms with Gasteiger partial charge in [0.15, 0.2) is 0 Å². The molecule has 1 aromatic carbocycles. The van der Waals surface area contributed by atoms with Gasteiger partial charge < -0.3 is 9.47 Å². The molecule has 2 aliphatic rings. The Bertz CT molecular complexity index is 628. The van der Waals surface area contributed by atoms with Crippen LogP contribution >= 0.6 is 0 Å². The molecule has 1 aliphatic heterocycles. The topological polar surface area (TPSA) is 21.7 Å². The summed E-state index contributed by atoms with van der Waals surface area (Å²) in [6.07, 6.45) is 4.15. The average molecular weight is 346 g/mol. The molecule has 0 unspecified atom stereocenters. The monoisotopic (exact) mass is 345 g/mol. The van der Waals surface area contributed by atoms with Gasteiger partial charge in [0.25, 0.3) is 0 Å². The summed E-state index contributed by atoms with van der Waals surface area (Å²) in [4.78, 5) is 2.49. The summed E-state index contributed by atoms with van der Waals surface area (Å²) in [5, 5.41) is 0. The van der Waals surface area contributed by atoms with Crippen LogP contribution in [0.15, 0.2) is 0 Å². The molecule has 25 heavy (non-hydrogen) atoms. The minimum Gasteiger partial charge on any atom is -0.492 e. The van der Waals surface area contributed by atoms with Crippen molar-refractivity contribution in [2.75, 3.05) is 13.2 Å². The van der Waals surface area contributed by atoms with Crippen LogP contribution in [0.3, 0.4) is 0 Å². The molecule has 0 N–H and O–H groups in total. The molecule has 3 nitrogen and oxygen atoms in total. The molecule has 1 saturated carbocycles. The van der Waals surface area contributed by atoms with Crippen LogP contribution in [0.5, 0.6) is 11.5 Å². The Morgan fingerprint density at radius 2 is 1.68 bits per heavy atom. The van der Waals surface area contributed by atoms with E-state index in [4.69, 9.17) is 9.47 Å². The van der Waals surface area contributed by atoms with Crippen LogP contribution in [0.25, 0.3) is 0 Å². The van der Waals surface area contributed by atoms with E-state index in [9.17, 15) is 0 Å². The van der Waals surface area contributed by atoms with Crippen molar-refractivity contribution in [2.45, 2.75) is 91.8 Å². The zero-order valence-electron chi connectivity index (χ0n) is 17.1. The minimum absolute atomic E-state index is 0.402. The maximum Gasteiger partial charge on any atom is 0.127 e. The van der Waals surface area contributed by atoms with Crippen molar-refractivity contribution >= 4 is 0 Å². The number of benzene rings is 1. The summed E-state index contributed by atoms with van der Waals surface area (Å²) < 4.78 is 12.7. The molecule has 3 heteroatoms. The first kappa shape index (κ1) is 18.6. The first-order valence-electron chi connectivity index (χ1n) is 10.0. The number of fused-ring (bicyclic) bond motifs is 3. The number of ether oxygens (including phenoxy) is 2. The Morgan fingerprint density at radius 3 is 2.32 bits per heavy atom. The van der Waals surface area contributed by atoms with E-state index >= 15 is 0 Å². The van der Waals surface area contributed by atoms with Gasteiger partial charge in [-0.05, 0) is 84.4 Å². The van der Waals surface area contributed by atoms with E-state index in [1.54, 1.807) is 0 Å². The Labute approximate surface area is 153 Å². The van der Waals surface area contributed by atoms with Gasteiger partial charge in [0.2, 0.25) is 0 Å². The van der Waals surface area contributed by atoms with Crippen LogP contribution in [0.4, 0.5) is 0 Å². The molecule has 0 spiro atoms. The van der Waals surface area contributed by atoms with E-state index in [0.717, 1.165) is 24.7 Å². The standard InChI is InChI=1S/C22H35NO2/c1-13(2)23(14(3)4)11-12-24-21-15(5)16(6)22-20(17(21)7)18-9-8-10-19(18)25-22/h13-14,18-19H,8-12H2,1-7H3/t18-,19+/m1/s1. The number of hydrogen-bond donors (Lipinski definition) is 0. The second-order valence-electron chi connectivity index (χ2n) is 8.41. The van der Waals surface area contributed by atoms with Crippen molar-refractivity contribution in [3.8, 4) is 11.5 Å². The van der Waals surface area contributed by atoms with Gasteiger partial charge in [-0.2, -0.15) is 0 Å². The second-order valence-corrected chi connectivity index (χ2v) is 8.41. The molecule has 1 aromatic rings. The van der Waals surface area contributed by atoms with Crippen molar-refractivity contribution in [1.29, 1.82) is 0 Å². The summed E-state index contributed by atoms with van der Waals surface area (Å²) in [5.41, 5.74) is 5.27. The van der Waals surface area contributed by atoms with Gasteiger partial charge in [-0.3, -0.25) is 4.90 Å². The molecule has 0 radical (unpaired) electrons. The lowest BCUT2D eigenvalue weighted by Gasteiger charge is -2.30. The highest BCUT2D eigenvalue weighted by molar-refractivity contribution is 5.61. The lowest BCUT2D eigenvalue weighted by atomic mass is 9.89. The highest BCUT2D eigenvalue weighted by Crippen LogP contribution is 2.52. The van der Waals surface area contributed by atoms with E-state index in [1.807, 2.05) is 0 Å². The largest absolute Gasteiger partial charge is 0.492 e. The smallest absolute Gasteiger partial charge is 0.127 e. The Morgan fingerprint density at radius 1 is 1.00 bits per heavy atom. The van der Waals surface area contributed by atoms with Gasteiger partial charge in [-0.15, -0.1) is 0 Å². The molecule has 1 heterocycles. The summed E-state index contributed by atoms with van der Waals surface area (Å²) in [6.45, 7) is 17.3. The van der Waals surface area contributed by atoms with Crippen LogP contribution < -0.4 is 9.47 Å². The molecule has 3 rings (SSSR count). The van der Waals surface area contributed by atoms with Crippen molar-refractivity contribution < 1.29 is 9.47 Å². The van der Waals surface area contributed by atoms with Crippen LogP contribution in [-0.4, -0.2) is 36.2 Å². The SMILES string of the molecule is Cc1c(C)c2c(c(C)c1OCCN(C(C)C)C(C)C)[C@@H]1CCC[C@@H]1O2. The summed E-state index contributed by atoms with van der Waals surface area (Å²) in [7, 11) is 0. The molecule has 0 amide bonds. The molecular formula is C22H35NO2. The Hall–Kier alpha value is -1.22. The van der Waals surface area contributed by atoms with E-state index in [-0.39, 0.29) is 0 Å². The molecule has 0 aromatic heterocycles. The maximum absolute atomic E-state index is 6.36. The van der Waals surface area contributed by atoms with Crippen LogP contribution in [0, 0.1) is 20.8 Å². The minimum atomic E-state index is 0.402. The number of hydrogen-bond acceptors (Lipinski definition) is 3. The first-order valence-corrected chi connectivity index (χ1v) is 10.0. The van der Waals surface area contributed by atoms with Crippen LogP contribution in [0.2, 0.25) is 0 Å². The molecular weight excluding hydrogens is 310 g/mol. The van der Waals surface area contributed by atoms with Gasteiger partial charge in [-0.25, -0.2) is 0 Å². The predicted molar refractivity (Wildman–Crippen MR) is 104 cm³/mol. The molecule has 1 aliphatic carbocycles. The molecule has 2 atom stereocenters. The second kappa shape index (κ2) is 7.19. The van der Waals surface area contributed by atoms with Gasteiger partial charge >= 0.3 is 0 Å². The van der Waals surface area contributed by atoms with E-state index in [0.29, 0.717) is 24.1 Å². The molecule has 0 bridgehead atoms. The number of rotatable bonds is 6. The van der Waals surface area contributed by atoms with Crippen molar-refractivity contribution in [3.63, 3.8) is 0 Å². The molecule has 140 valence electrons. The van der Waals surface area contributed by atoms with E-state index in [1.165, 1.54) is 41.5 Å². The molecule has 1 fully saturated rings. The van der Waals surface area contributed by atoms with Crippen molar-refractivity contribution in [2.24, 2.45) is 0 Å². The summed E-state index contributed by atoms with van der Waals surface area (Å²) in [6, 6.07) is 1.08. The summed E-state index contributed by atoms with van der Waals surface area (Å²) >= 11 is 0. The van der Waals surface area contributed by atoms with Gasteiger partial charge in [-0.1, -0.05) is 0 Å². The van der Waals surface area contributed by atoms with Crippen molar-refractivity contribution in [1.82, 2.24) is 4.90 Å². The fourth-order valence-corrected chi connectivity index (χ4v) is 4.85. The molecule has 0 saturated heterocycles. The van der Waals surface area contributed by atoms with Crippen molar-refractivity contribution in [3.05, 3.63) is 22.3 Å². The first-order chi connectivity index (χ1) is 11.8. The Kier molecular flexibility index (Phi) is 5.34. The van der Waals surface area contributed by atoms with E-state index in [2.05, 4.69) is 53.4 Å². The highest BCUT2D eigenvalue weighted by Gasteiger charge is 2.41. The van der Waals surface area contributed by atoms with E-state index < -0.39 is 0 Å². The maximum atomic E-state index is 6.36. The average Bonchev–Trinajstić information content (AvgIpc) is 3.11. The quantitative estimate of drug-likeness (QED) is 0.713. The third-order valence-electron chi connectivity index (χ3n) is 6.25. The third-order valence-corrected chi connectivity index (χ3v) is 6.25. The lowest BCUT2D eigenvalue weighted by molar-refractivity contribution is 0.141. The predicted octanol–water partition coefficient (Wildman–Crippen LogP) is 5.14. The fourth-order valence-electron chi connectivity index (χ4n) is 4.85. The third kappa shape index (κ3) is 3.28. The lowest BCUT2D eigenvalue weighted by Crippen LogP contribution is -2.39.